The molecule has 4 aliphatic carbocycles. The number of fused-ring (bicyclic) bond motifs is 5. The van der Waals surface area contributed by atoms with Crippen LogP contribution in [0.3, 0.4) is 0 Å². The molecule has 0 heterocycles. The van der Waals surface area contributed by atoms with Gasteiger partial charge in [-0.2, -0.15) is 0 Å². The van der Waals surface area contributed by atoms with Crippen LogP contribution in [0.5, 0.6) is 0 Å². The molecule has 1 aromatic rings. The van der Waals surface area contributed by atoms with Gasteiger partial charge in [0.1, 0.15) is 5.60 Å². The van der Waals surface area contributed by atoms with Crippen molar-refractivity contribution >= 4 is 11.8 Å². The summed E-state index contributed by atoms with van der Waals surface area (Å²) in [7, 11) is 0. The molecular formula is C34H48O5. The highest BCUT2D eigenvalue weighted by atomic mass is 16.4. The zero-order valence-electron chi connectivity index (χ0n) is 24.5. The number of carbonyl (C=O) groups is 2. The molecular weight excluding hydrogens is 488 g/mol. The van der Waals surface area contributed by atoms with Gasteiger partial charge in [-0.15, -0.1) is 0 Å². The van der Waals surface area contributed by atoms with Gasteiger partial charge in [0.25, 0.3) is 0 Å². The second kappa shape index (κ2) is 9.83. The van der Waals surface area contributed by atoms with Crippen molar-refractivity contribution in [1.29, 1.82) is 0 Å². The molecule has 5 rings (SSSR count). The summed E-state index contributed by atoms with van der Waals surface area (Å²) < 4.78 is 0. The van der Waals surface area contributed by atoms with Crippen molar-refractivity contribution in [3.8, 4) is 0 Å². The van der Waals surface area contributed by atoms with Gasteiger partial charge in [0, 0.05) is 12.8 Å². The van der Waals surface area contributed by atoms with Gasteiger partial charge in [0.05, 0.1) is 11.2 Å². The standard InChI is InChI=1S/C34H48O5/c1-21(10-15-29(35)31(2,3)38)25-13-14-26-23-12-11-22-20-34(39,28-9-7-6-8-24(28)30(36)37)19-18-32(22,4)27(23)16-17-33(25,26)5/h6-9,11,21,23,25-27,38-39H,10,12-20H2,1-5H3,(H,36,37)/t21-,23+,25-,26+,27+,32+,33-,34+/m1/s1. The van der Waals surface area contributed by atoms with Gasteiger partial charge in [0.2, 0.25) is 0 Å². The summed E-state index contributed by atoms with van der Waals surface area (Å²) >= 11 is 0. The first-order valence-electron chi connectivity index (χ1n) is 15.2. The molecule has 5 heteroatoms. The van der Waals surface area contributed by atoms with E-state index in [0.717, 1.165) is 19.3 Å². The van der Waals surface area contributed by atoms with E-state index in [4.69, 9.17) is 0 Å². The molecule has 0 saturated heterocycles. The number of Topliss-reactive ketones (excluding diaryl/α,β-unsaturated/α-hetero) is 1. The molecule has 0 amide bonds. The molecule has 0 aromatic heterocycles. The van der Waals surface area contributed by atoms with Crippen molar-refractivity contribution in [3.05, 3.63) is 47.0 Å². The fraction of sp³-hybridized carbons (Fsp3) is 0.706. The Morgan fingerprint density at radius 3 is 2.46 bits per heavy atom. The zero-order chi connectivity index (χ0) is 28.4. The summed E-state index contributed by atoms with van der Waals surface area (Å²) in [4.78, 5) is 24.3. The second-order valence-electron chi connectivity index (χ2n) is 14.5. The number of hydrogen-bond donors (Lipinski definition) is 3. The van der Waals surface area contributed by atoms with Gasteiger partial charge in [0.15, 0.2) is 5.78 Å². The number of allylic oxidation sites excluding steroid dienone is 1. The van der Waals surface area contributed by atoms with E-state index in [-0.39, 0.29) is 22.2 Å². The van der Waals surface area contributed by atoms with Gasteiger partial charge >= 0.3 is 5.97 Å². The van der Waals surface area contributed by atoms with E-state index >= 15 is 0 Å². The van der Waals surface area contributed by atoms with Crippen molar-refractivity contribution in [1.82, 2.24) is 0 Å². The number of benzene rings is 1. The molecule has 3 N–H and O–H groups in total. The Bertz CT molecular complexity index is 1160. The van der Waals surface area contributed by atoms with E-state index in [2.05, 4.69) is 26.8 Å². The van der Waals surface area contributed by atoms with Crippen molar-refractivity contribution in [2.75, 3.05) is 0 Å². The molecule has 214 valence electrons. The molecule has 5 nitrogen and oxygen atoms in total. The van der Waals surface area contributed by atoms with Crippen molar-refractivity contribution in [2.45, 2.75) is 110 Å². The monoisotopic (exact) mass is 536 g/mol. The minimum atomic E-state index is -1.25. The molecule has 3 saturated carbocycles. The van der Waals surface area contributed by atoms with Crippen LogP contribution in [0.25, 0.3) is 0 Å². The lowest BCUT2D eigenvalue weighted by Crippen LogP contribution is -2.52. The Morgan fingerprint density at radius 1 is 1.05 bits per heavy atom. The van der Waals surface area contributed by atoms with E-state index in [1.807, 2.05) is 6.07 Å². The molecule has 1 aromatic carbocycles. The van der Waals surface area contributed by atoms with Crippen LogP contribution in [0.1, 0.15) is 115 Å². The zero-order valence-corrected chi connectivity index (χ0v) is 24.5. The van der Waals surface area contributed by atoms with Crippen LogP contribution in [0.4, 0.5) is 0 Å². The Kier molecular flexibility index (Phi) is 7.20. The van der Waals surface area contributed by atoms with Crippen LogP contribution in [-0.4, -0.2) is 32.7 Å². The number of ketones is 1. The predicted octanol–water partition coefficient (Wildman–Crippen LogP) is 6.91. The van der Waals surface area contributed by atoms with Gasteiger partial charge in [-0.05, 0) is 117 Å². The number of aromatic carboxylic acids is 1. The molecule has 0 unspecified atom stereocenters. The first kappa shape index (κ1) is 28.5. The predicted molar refractivity (Wildman–Crippen MR) is 152 cm³/mol. The summed E-state index contributed by atoms with van der Waals surface area (Å²) in [5.74, 6) is 1.96. The fourth-order valence-electron chi connectivity index (χ4n) is 9.79. The normalized spacial score (nSPS) is 38.7. The molecule has 0 radical (unpaired) electrons. The first-order valence-corrected chi connectivity index (χ1v) is 15.2. The van der Waals surface area contributed by atoms with Crippen LogP contribution in [0.2, 0.25) is 0 Å². The second-order valence-corrected chi connectivity index (χ2v) is 14.5. The van der Waals surface area contributed by atoms with Crippen LogP contribution in [0, 0.1) is 40.4 Å². The number of carboxylic acids is 1. The molecule has 3 fully saturated rings. The van der Waals surface area contributed by atoms with E-state index in [1.165, 1.54) is 31.3 Å². The molecule has 39 heavy (non-hydrogen) atoms. The summed E-state index contributed by atoms with van der Waals surface area (Å²) in [5.41, 5.74) is 0.0483. The van der Waals surface area contributed by atoms with Crippen molar-refractivity contribution in [2.24, 2.45) is 40.4 Å². The maximum atomic E-state index is 12.4. The summed E-state index contributed by atoms with van der Waals surface area (Å²) in [6.45, 7) is 10.4. The Hall–Kier alpha value is -1.98. The SMILES string of the molecule is C[C@H](CCC(=O)C(C)(C)O)[C@H]1CC[C@H]2[C@@H]3CC=C4C[C@](O)(c5ccccc5C(=O)O)CC[C@]4(C)[C@H]3CC[C@]12C. The maximum absolute atomic E-state index is 12.4. The third-order valence-corrected chi connectivity index (χ3v) is 12.1. The Morgan fingerprint density at radius 2 is 1.77 bits per heavy atom. The van der Waals surface area contributed by atoms with E-state index in [0.29, 0.717) is 54.4 Å². The molecule has 0 aliphatic heterocycles. The van der Waals surface area contributed by atoms with Gasteiger partial charge in [-0.25, -0.2) is 4.79 Å². The largest absolute Gasteiger partial charge is 0.478 e. The van der Waals surface area contributed by atoms with Gasteiger partial charge in [-0.3, -0.25) is 4.79 Å². The lowest BCUT2D eigenvalue weighted by Gasteiger charge is -2.59. The quantitative estimate of drug-likeness (QED) is 0.329. The summed E-state index contributed by atoms with van der Waals surface area (Å²) in [5, 5.41) is 31.7. The number of carboxylic acid groups (broad SMARTS) is 1. The van der Waals surface area contributed by atoms with Crippen molar-refractivity contribution in [3.63, 3.8) is 0 Å². The molecule has 0 spiro atoms. The van der Waals surface area contributed by atoms with E-state index < -0.39 is 17.2 Å². The number of aliphatic hydroxyl groups is 2. The topological polar surface area (TPSA) is 94.8 Å². The van der Waals surface area contributed by atoms with Crippen molar-refractivity contribution < 1.29 is 24.9 Å². The fourth-order valence-corrected chi connectivity index (χ4v) is 9.79. The summed E-state index contributed by atoms with van der Waals surface area (Å²) in [6.07, 6.45) is 11.6. The minimum Gasteiger partial charge on any atom is -0.478 e. The molecule has 8 atom stereocenters. The highest BCUT2D eigenvalue weighted by Gasteiger charge is 2.60. The average molecular weight is 537 g/mol. The van der Waals surface area contributed by atoms with Gasteiger partial charge < -0.3 is 15.3 Å². The minimum absolute atomic E-state index is 0.0530. The van der Waals surface area contributed by atoms with E-state index in [1.54, 1.807) is 32.0 Å². The smallest absolute Gasteiger partial charge is 0.336 e. The van der Waals surface area contributed by atoms with Crippen LogP contribution >= 0.6 is 0 Å². The van der Waals surface area contributed by atoms with Crippen LogP contribution in [0.15, 0.2) is 35.9 Å². The highest BCUT2D eigenvalue weighted by Crippen LogP contribution is 2.68. The summed E-state index contributed by atoms with van der Waals surface area (Å²) in [6, 6.07) is 6.96. The Labute approximate surface area is 234 Å². The van der Waals surface area contributed by atoms with E-state index in [9.17, 15) is 24.9 Å². The highest BCUT2D eigenvalue weighted by molar-refractivity contribution is 5.89. The Balaban J connectivity index is 1.34. The average Bonchev–Trinajstić information content (AvgIpc) is 3.24. The third kappa shape index (κ3) is 4.72. The van der Waals surface area contributed by atoms with Crippen LogP contribution < -0.4 is 0 Å². The molecule has 0 bridgehead atoms. The number of carbonyl (C=O) groups excluding carboxylic acids is 1. The van der Waals surface area contributed by atoms with Crippen LogP contribution in [-0.2, 0) is 10.4 Å². The lowest BCUT2D eigenvalue weighted by atomic mass is 9.46. The van der Waals surface area contributed by atoms with Gasteiger partial charge in [-0.1, -0.05) is 50.6 Å². The lowest BCUT2D eigenvalue weighted by molar-refractivity contribution is -0.134. The first-order chi connectivity index (χ1) is 18.2. The maximum Gasteiger partial charge on any atom is 0.336 e. The molecule has 4 aliphatic rings. The number of rotatable bonds is 7. The third-order valence-electron chi connectivity index (χ3n) is 12.1. The number of hydrogen-bond acceptors (Lipinski definition) is 4.